The van der Waals surface area contributed by atoms with Gasteiger partial charge in [0.25, 0.3) is 0 Å². The fraction of sp³-hybridized carbons (Fsp3) is 0.500. The Morgan fingerprint density at radius 1 is 0.611 bits per heavy atom. The lowest BCUT2D eigenvalue weighted by atomic mass is 9.98. The topological polar surface area (TPSA) is 27.7 Å². The van der Waals surface area contributed by atoms with Crippen molar-refractivity contribution in [3.8, 4) is 17.2 Å². The highest BCUT2D eigenvalue weighted by Crippen LogP contribution is 2.59. The second kappa shape index (κ2) is 3.84. The summed E-state index contributed by atoms with van der Waals surface area (Å²) in [6.45, 7) is 1.72. The van der Waals surface area contributed by atoms with Crippen LogP contribution in [0.1, 0.15) is 32.4 Å². The molecule has 1 aromatic carbocycles. The summed E-state index contributed by atoms with van der Waals surface area (Å²) in [4.78, 5) is 0. The van der Waals surface area contributed by atoms with Gasteiger partial charge in [0.15, 0.2) is 0 Å². The van der Waals surface area contributed by atoms with Crippen molar-refractivity contribution in [2.24, 2.45) is 0 Å². The Kier molecular flexibility index (Phi) is 2.45. The molecule has 3 unspecified atom stereocenters. The van der Waals surface area contributed by atoms with Crippen molar-refractivity contribution in [2.45, 2.75) is 15.7 Å². The van der Waals surface area contributed by atoms with Crippen LogP contribution in [-0.4, -0.2) is 19.8 Å². The summed E-state index contributed by atoms with van der Waals surface area (Å²) < 4.78 is 17.3. The largest absolute Gasteiger partial charge is 0.491 e. The SMILES string of the molecule is SC1COc2c1c1c(c3c2C(S)CO3)C(S)CO1. The molecule has 0 aliphatic carbocycles. The number of fused-ring (bicyclic) bond motifs is 6. The summed E-state index contributed by atoms with van der Waals surface area (Å²) in [5.41, 5.74) is 3.15. The molecule has 18 heavy (non-hydrogen) atoms. The Labute approximate surface area is 121 Å². The van der Waals surface area contributed by atoms with Crippen LogP contribution in [0.4, 0.5) is 0 Å². The van der Waals surface area contributed by atoms with E-state index in [1.807, 2.05) is 0 Å². The number of hydrogen-bond donors (Lipinski definition) is 3. The fourth-order valence-electron chi connectivity index (χ4n) is 2.86. The number of benzene rings is 1. The van der Waals surface area contributed by atoms with Crippen LogP contribution in [0.5, 0.6) is 17.2 Å². The van der Waals surface area contributed by atoms with Crippen LogP contribution in [0.15, 0.2) is 0 Å². The third kappa shape index (κ3) is 1.31. The highest BCUT2D eigenvalue weighted by Gasteiger charge is 2.42. The fourth-order valence-corrected chi connectivity index (χ4v) is 3.78. The molecule has 0 amide bonds. The molecular weight excluding hydrogens is 288 g/mol. The van der Waals surface area contributed by atoms with Gasteiger partial charge in [0, 0.05) is 0 Å². The molecule has 4 rings (SSSR count). The van der Waals surface area contributed by atoms with Gasteiger partial charge in [-0.3, -0.25) is 0 Å². The summed E-state index contributed by atoms with van der Waals surface area (Å²) in [6, 6.07) is 0. The Balaban J connectivity index is 2.07. The van der Waals surface area contributed by atoms with Crippen molar-refractivity contribution in [3.63, 3.8) is 0 Å². The first-order valence-corrected chi connectivity index (χ1v) is 7.39. The minimum absolute atomic E-state index is 0.0545. The van der Waals surface area contributed by atoms with E-state index in [0.29, 0.717) is 19.8 Å². The minimum atomic E-state index is 0.0545. The predicted octanol–water partition coefficient (Wildman–Crippen LogP) is 2.78. The van der Waals surface area contributed by atoms with E-state index in [-0.39, 0.29) is 15.7 Å². The summed E-state index contributed by atoms with van der Waals surface area (Å²) in [6.07, 6.45) is 0. The van der Waals surface area contributed by atoms with Crippen LogP contribution in [-0.2, 0) is 0 Å². The van der Waals surface area contributed by atoms with Crippen molar-refractivity contribution in [1.29, 1.82) is 0 Å². The first-order chi connectivity index (χ1) is 8.68. The Morgan fingerprint density at radius 2 is 0.889 bits per heavy atom. The highest BCUT2D eigenvalue weighted by molar-refractivity contribution is 7.81. The Morgan fingerprint density at radius 3 is 1.17 bits per heavy atom. The van der Waals surface area contributed by atoms with Gasteiger partial charge in [0.2, 0.25) is 0 Å². The van der Waals surface area contributed by atoms with E-state index in [0.717, 1.165) is 33.9 Å². The van der Waals surface area contributed by atoms with E-state index in [4.69, 9.17) is 14.2 Å². The molecule has 0 spiro atoms. The summed E-state index contributed by atoms with van der Waals surface area (Å²) in [7, 11) is 0. The monoisotopic (exact) mass is 300 g/mol. The molecule has 0 bridgehead atoms. The average molecular weight is 300 g/mol. The van der Waals surface area contributed by atoms with Gasteiger partial charge in [-0.15, -0.1) is 0 Å². The molecule has 3 atom stereocenters. The molecule has 3 nitrogen and oxygen atoms in total. The molecule has 3 aliphatic heterocycles. The second-order valence-corrected chi connectivity index (χ2v) is 6.58. The second-order valence-electron chi connectivity index (χ2n) is 4.71. The van der Waals surface area contributed by atoms with Gasteiger partial charge in [0.1, 0.15) is 37.1 Å². The van der Waals surface area contributed by atoms with Crippen LogP contribution < -0.4 is 14.2 Å². The first kappa shape index (κ1) is 11.5. The van der Waals surface area contributed by atoms with E-state index in [1.54, 1.807) is 0 Å². The first-order valence-electron chi connectivity index (χ1n) is 5.84. The Hall–Kier alpha value is -0.330. The molecule has 0 saturated carbocycles. The van der Waals surface area contributed by atoms with Crippen molar-refractivity contribution in [2.75, 3.05) is 19.8 Å². The van der Waals surface area contributed by atoms with Gasteiger partial charge in [-0.1, -0.05) is 0 Å². The zero-order valence-corrected chi connectivity index (χ0v) is 12.1. The van der Waals surface area contributed by atoms with Crippen LogP contribution in [0.3, 0.4) is 0 Å². The van der Waals surface area contributed by atoms with Gasteiger partial charge in [0.05, 0.1) is 32.4 Å². The molecule has 0 N–H and O–H groups in total. The minimum Gasteiger partial charge on any atom is -0.491 e. The molecule has 3 aliphatic rings. The smallest absolute Gasteiger partial charge is 0.135 e. The molecule has 0 saturated heterocycles. The van der Waals surface area contributed by atoms with Gasteiger partial charge >= 0.3 is 0 Å². The van der Waals surface area contributed by atoms with Gasteiger partial charge in [-0.2, -0.15) is 37.9 Å². The molecule has 96 valence electrons. The van der Waals surface area contributed by atoms with Crippen molar-refractivity contribution >= 4 is 37.9 Å². The summed E-state index contributed by atoms with van der Waals surface area (Å²) in [5, 5.41) is 0.163. The van der Waals surface area contributed by atoms with E-state index in [1.165, 1.54) is 0 Å². The van der Waals surface area contributed by atoms with Gasteiger partial charge in [-0.05, 0) is 0 Å². The van der Waals surface area contributed by atoms with Gasteiger partial charge in [-0.25, -0.2) is 0 Å². The summed E-state index contributed by atoms with van der Waals surface area (Å²) in [5.74, 6) is 2.59. The van der Waals surface area contributed by atoms with E-state index >= 15 is 0 Å². The van der Waals surface area contributed by atoms with Crippen molar-refractivity contribution < 1.29 is 14.2 Å². The van der Waals surface area contributed by atoms with Crippen molar-refractivity contribution in [3.05, 3.63) is 16.7 Å². The zero-order valence-electron chi connectivity index (χ0n) is 9.42. The molecule has 6 heteroatoms. The standard InChI is InChI=1S/C12H12O3S3/c16-4-1-13-10-7(4)11-9(6(18)3-14-11)12-8(10)5(17)2-15-12/h4-6,16-18H,1-3H2. The van der Waals surface area contributed by atoms with Crippen LogP contribution in [0.2, 0.25) is 0 Å². The zero-order chi connectivity index (χ0) is 12.4. The lowest BCUT2D eigenvalue weighted by molar-refractivity contribution is 0.351. The lowest BCUT2D eigenvalue weighted by Gasteiger charge is -2.14. The maximum atomic E-state index is 5.77. The third-order valence-electron chi connectivity index (χ3n) is 3.62. The van der Waals surface area contributed by atoms with E-state index < -0.39 is 0 Å². The van der Waals surface area contributed by atoms with Crippen LogP contribution in [0, 0.1) is 0 Å². The van der Waals surface area contributed by atoms with Crippen LogP contribution >= 0.6 is 37.9 Å². The lowest BCUT2D eigenvalue weighted by Crippen LogP contribution is -1.94. The normalized spacial score (nSPS) is 31.2. The third-order valence-corrected chi connectivity index (χ3v) is 4.85. The molecule has 0 radical (unpaired) electrons. The quantitative estimate of drug-likeness (QED) is 0.643. The molecule has 0 aromatic heterocycles. The number of rotatable bonds is 0. The highest BCUT2D eigenvalue weighted by atomic mass is 32.1. The molecule has 3 heterocycles. The van der Waals surface area contributed by atoms with E-state index in [2.05, 4.69) is 37.9 Å². The van der Waals surface area contributed by atoms with Crippen molar-refractivity contribution in [1.82, 2.24) is 0 Å². The molecular formula is C12H12O3S3. The van der Waals surface area contributed by atoms with E-state index in [9.17, 15) is 0 Å². The maximum absolute atomic E-state index is 5.77. The molecule has 0 fully saturated rings. The Bertz CT molecular complexity index is 449. The number of ether oxygens (including phenoxy) is 3. The number of thiol groups is 3. The van der Waals surface area contributed by atoms with Crippen LogP contribution in [0.25, 0.3) is 0 Å². The maximum Gasteiger partial charge on any atom is 0.135 e. The predicted molar refractivity (Wildman–Crippen MR) is 78.1 cm³/mol. The molecule has 1 aromatic rings. The van der Waals surface area contributed by atoms with Gasteiger partial charge < -0.3 is 14.2 Å². The number of hydrogen-bond acceptors (Lipinski definition) is 6. The average Bonchev–Trinajstić information content (AvgIpc) is 2.99. The summed E-state index contributed by atoms with van der Waals surface area (Å²) >= 11 is 13.7.